The summed E-state index contributed by atoms with van der Waals surface area (Å²) in [6, 6.07) is 6.76. The molecule has 3 nitrogen and oxygen atoms in total. The lowest BCUT2D eigenvalue weighted by atomic mass is 10.1. The highest BCUT2D eigenvalue weighted by atomic mass is 35.5. The van der Waals surface area contributed by atoms with Crippen LogP contribution in [0.25, 0.3) is 0 Å². The van der Waals surface area contributed by atoms with Crippen molar-refractivity contribution in [2.45, 2.75) is 0 Å². The van der Waals surface area contributed by atoms with Crippen molar-refractivity contribution in [3.05, 3.63) is 45.1 Å². The molecule has 2 aromatic rings. The Morgan fingerprint density at radius 2 is 2.18 bits per heavy atom. The van der Waals surface area contributed by atoms with Gasteiger partial charge in [-0.2, -0.15) is 0 Å². The number of benzene rings is 1. The van der Waals surface area contributed by atoms with Crippen LogP contribution in [0.1, 0.15) is 15.2 Å². The number of nitrogen functional groups attached to an aromatic ring is 1. The number of ether oxygens (including phenoxy) is 1. The van der Waals surface area contributed by atoms with Crippen LogP contribution in [0.3, 0.4) is 0 Å². The average Bonchev–Trinajstić information content (AvgIpc) is 2.80. The Bertz CT molecular complexity index is 565. The number of hydrogen-bond donors (Lipinski definition) is 1. The zero-order chi connectivity index (χ0) is 12.4. The van der Waals surface area contributed by atoms with Gasteiger partial charge in [-0.1, -0.05) is 17.7 Å². The van der Waals surface area contributed by atoms with E-state index < -0.39 is 0 Å². The normalized spacial score (nSPS) is 10.2. The molecule has 17 heavy (non-hydrogen) atoms. The highest BCUT2D eigenvalue weighted by Gasteiger charge is 2.19. The fourth-order valence-corrected chi connectivity index (χ4v) is 2.50. The Kier molecular flexibility index (Phi) is 3.36. The first kappa shape index (κ1) is 12.0. The molecule has 5 heteroatoms. The van der Waals surface area contributed by atoms with Gasteiger partial charge in [0.05, 0.1) is 17.8 Å². The van der Waals surface area contributed by atoms with E-state index in [1.807, 2.05) is 0 Å². The van der Waals surface area contributed by atoms with Crippen LogP contribution in [0.4, 0.5) is 5.69 Å². The number of methoxy groups -OCH3 is 1. The molecule has 0 saturated heterocycles. The first-order chi connectivity index (χ1) is 8.15. The number of nitrogens with two attached hydrogens (primary N) is 1. The predicted octanol–water partition coefficient (Wildman–Crippen LogP) is 3.22. The van der Waals surface area contributed by atoms with Gasteiger partial charge in [0.2, 0.25) is 5.78 Å². The van der Waals surface area contributed by atoms with Gasteiger partial charge >= 0.3 is 0 Å². The van der Waals surface area contributed by atoms with Crippen molar-refractivity contribution < 1.29 is 9.53 Å². The van der Waals surface area contributed by atoms with Gasteiger partial charge in [0.15, 0.2) is 0 Å². The third-order valence-corrected chi connectivity index (χ3v) is 3.64. The van der Waals surface area contributed by atoms with Gasteiger partial charge in [0, 0.05) is 5.56 Å². The summed E-state index contributed by atoms with van der Waals surface area (Å²) in [5, 5.41) is 2.08. The lowest BCUT2D eigenvalue weighted by Gasteiger charge is -2.05. The number of thiophene rings is 1. The molecular weight excluding hydrogens is 258 g/mol. The van der Waals surface area contributed by atoms with Crippen LogP contribution in [0, 0.1) is 0 Å². The monoisotopic (exact) mass is 267 g/mol. The number of carbonyl (C=O) groups excluding carboxylic acids is 1. The highest BCUT2D eigenvalue weighted by molar-refractivity contribution is 7.12. The Balaban J connectivity index is 2.48. The van der Waals surface area contributed by atoms with E-state index in [2.05, 4.69) is 0 Å². The molecule has 0 saturated carbocycles. The summed E-state index contributed by atoms with van der Waals surface area (Å²) in [4.78, 5) is 12.8. The molecule has 0 atom stereocenters. The Morgan fingerprint density at radius 3 is 2.88 bits per heavy atom. The quantitative estimate of drug-likeness (QED) is 0.686. The molecule has 0 unspecified atom stereocenters. The average molecular weight is 268 g/mol. The highest BCUT2D eigenvalue weighted by Crippen LogP contribution is 2.31. The van der Waals surface area contributed by atoms with Crippen molar-refractivity contribution in [3.63, 3.8) is 0 Å². The molecule has 0 spiro atoms. The van der Waals surface area contributed by atoms with Gasteiger partial charge in [-0.05, 0) is 23.6 Å². The van der Waals surface area contributed by atoms with E-state index in [4.69, 9.17) is 22.1 Å². The fraction of sp³-hybridized carbons (Fsp3) is 0.0833. The molecular formula is C12H10ClNO2S. The van der Waals surface area contributed by atoms with Gasteiger partial charge < -0.3 is 10.5 Å². The fourth-order valence-electron chi connectivity index (χ4n) is 1.47. The van der Waals surface area contributed by atoms with E-state index in [1.54, 1.807) is 29.6 Å². The molecule has 0 aliphatic heterocycles. The number of halogens is 1. The first-order valence-electron chi connectivity index (χ1n) is 4.85. The summed E-state index contributed by atoms with van der Waals surface area (Å²) >= 11 is 7.34. The maximum atomic E-state index is 12.3. The third kappa shape index (κ3) is 2.14. The van der Waals surface area contributed by atoms with Crippen molar-refractivity contribution in [2.75, 3.05) is 12.8 Å². The lowest BCUT2D eigenvalue weighted by molar-refractivity contribution is 0.104. The summed E-state index contributed by atoms with van der Waals surface area (Å²) in [7, 11) is 1.53. The second-order valence-electron chi connectivity index (χ2n) is 3.36. The van der Waals surface area contributed by atoms with Gasteiger partial charge in [-0.3, -0.25) is 4.79 Å². The zero-order valence-electron chi connectivity index (χ0n) is 9.07. The van der Waals surface area contributed by atoms with Crippen molar-refractivity contribution in [1.82, 2.24) is 0 Å². The molecule has 0 aliphatic rings. The standard InChI is InChI=1S/C12H10ClNO2S/c1-16-9-5-6-17-12(9)11(15)7-3-2-4-8(14)10(7)13/h2-6H,14H2,1H3. The second kappa shape index (κ2) is 4.77. The van der Waals surface area contributed by atoms with Crippen LogP contribution in [0.5, 0.6) is 5.75 Å². The molecule has 1 heterocycles. The van der Waals surface area contributed by atoms with Crippen molar-refractivity contribution in [1.29, 1.82) is 0 Å². The first-order valence-corrected chi connectivity index (χ1v) is 6.11. The van der Waals surface area contributed by atoms with Crippen LogP contribution >= 0.6 is 22.9 Å². The van der Waals surface area contributed by atoms with Gasteiger partial charge in [-0.15, -0.1) is 11.3 Å². The number of hydrogen-bond acceptors (Lipinski definition) is 4. The molecule has 2 N–H and O–H groups in total. The molecule has 0 aliphatic carbocycles. The molecule has 2 rings (SSSR count). The third-order valence-electron chi connectivity index (χ3n) is 2.33. The molecule has 0 bridgehead atoms. The minimum atomic E-state index is -0.172. The largest absolute Gasteiger partial charge is 0.495 e. The molecule has 88 valence electrons. The van der Waals surface area contributed by atoms with Crippen molar-refractivity contribution >= 4 is 34.4 Å². The predicted molar refractivity (Wildman–Crippen MR) is 70.2 cm³/mol. The van der Waals surface area contributed by atoms with Gasteiger partial charge in [-0.25, -0.2) is 0 Å². The smallest absolute Gasteiger partial charge is 0.208 e. The summed E-state index contributed by atoms with van der Waals surface area (Å²) in [6.45, 7) is 0. The van der Waals surface area contributed by atoms with E-state index in [-0.39, 0.29) is 10.8 Å². The van der Waals surface area contributed by atoms with Crippen molar-refractivity contribution in [3.8, 4) is 5.75 Å². The zero-order valence-corrected chi connectivity index (χ0v) is 10.6. The summed E-state index contributed by atoms with van der Waals surface area (Å²) < 4.78 is 5.11. The van der Waals surface area contributed by atoms with Gasteiger partial charge in [0.1, 0.15) is 10.6 Å². The van der Waals surface area contributed by atoms with Crippen LogP contribution < -0.4 is 10.5 Å². The minimum Gasteiger partial charge on any atom is -0.495 e. The maximum absolute atomic E-state index is 12.3. The van der Waals surface area contributed by atoms with E-state index in [1.165, 1.54) is 18.4 Å². The second-order valence-corrected chi connectivity index (χ2v) is 4.65. The van der Waals surface area contributed by atoms with Crippen molar-refractivity contribution in [2.24, 2.45) is 0 Å². The number of carbonyl (C=O) groups is 1. The number of rotatable bonds is 3. The van der Waals surface area contributed by atoms with Crippen LogP contribution in [-0.4, -0.2) is 12.9 Å². The van der Waals surface area contributed by atoms with Crippen LogP contribution in [-0.2, 0) is 0 Å². The number of ketones is 1. The molecule has 0 radical (unpaired) electrons. The molecule has 0 amide bonds. The van der Waals surface area contributed by atoms with E-state index >= 15 is 0 Å². The molecule has 1 aromatic carbocycles. The lowest BCUT2D eigenvalue weighted by Crippen LogP contribution is -2.03. The Morgan fingerprint density at radius 1 is 1.41 bits per heavy atom. The van der Waals surface area contributed by atoms with Crippen LogP contribution in [0.15, 0.2) is 29.6 Å². The van der Waals surface area contributed by atoms with E-state index in [9.17, 15) is 4.79 Å². The summed E-state index contributed by atoms with van der Waals surface area (Å²) in [6.07, 6.45) is 0. The summed E-state index contributed by atoms with van der Waals surface area (Å²) in [5.74, 6) is 0.382. The number of anilines is 1. The van der Waals surface area contributed by atoms with E-state index in [0.29, 0.717) is 21.9 Å². The molecule has 1 aromatic heterocycles. The SMILES string of the molecule is COc1ccsc1C(=O)c1cccc(N)c1Cl. The maximum Gasteiger partial charge on any atom is 0.208 e. The van der Waals surface area contributed by atoms with E-state index in [0.717, 1.165) is 0 Å². The van der Waals surface area contributed by atoms with Crippen LogP contribution in [0.2, 0.25) is 5.02 Å². The Labute approximate surface area is 108 Å². The summed E-state index contributed by atoms with van der Waals surface area (Å²) in [5.41, 5.74) is 6.46. The van der Waals surface area contributed by atoms with Gasteiger partial charge in [0.25, 0.3) is 0 Å². The Hall–Kier alpha value is -1.52. The minimum absolute atomic E-state index is 0.172. The topological polar surface area (TPSA) is 52.3 Å². The molecule has 0 fully saturated rings.